The number of nitrogens with one attached hydrogen (secondary N) is 1. The van der Waals surface area contributed by atoms with E-state index in [2.05, 4.69) is 21.2 Å². The van der Waals surface area contributed by atoms with Crippen molar-refractivity contribution in [2.75, 3.05) is 6.54 Å². The lowest BCUT2D eigenvalue weighted by Gasteiger charge is -2.06. The molecule has 0 aromatic heterocycles. The summed E-state index contributed by atoms with van der Waals surface area (Å²) in [6.07, 6.45) is 1.58. The molecule has 0 fully saturated rings. The number of benzene rings is 1. The Hall–Kier alpha value is -1.43. The van der Waals surface area contributed by atoms with E-state index in [1.165, 1.54) is 18.2 Å². The molecule has 0 aliphatic carbocycles. The fourth-order valence-corrected chi connectivity index (χ4v) is 1.82. The molecule has 1 aromatic carbocycles. The Morgan fingerprint density at radius 1 is 1.33 bits per heavy atom. The number of rotatable bonds is 6. The van der Waals surface area contributed by atoms with Crippen LogP contribution in [0.4, 0.5) is 4.39 Å². The molecule has 0 bridgehead atoms. The highest BCUT2D eigenvalue weighted by Gasteiger charge is 2.10. The number of halogens is 2. The second-order valence-electron chi connectivity index (χ2n) is 3.80. The van der Waals surface area contributed by atoms with E-state index in [1.807, 2.05) is 0 Å². The van der Waals surface area contributed by atoms with Gasteiger partial charge in [-0.3, -0.25) is 9.59 Å². The number of unbranched alkanes of at least 4 members (excludes halogenated alkanes) is 1. The molecular weight excluding hydrogens is 303 g/mol. The standard InChI is InChI=1S/C12H14BrFN2O2/c13-10-5-4-8(14)7-9(10)12(18)16-6-2-1-3-11(15)17/h4-5,7H,1-3,6H2,(H2,15,17)(H,16,18). The molecule has 3 N–H and O–H groups in total. The normalized spacial score (nSPS) is 10.1. The van der Waals surface area contributed by atoms with Crippen LogP contribution in [-0.4, -0.2) is 18.4 Å². The van der Waals surface area contributed by atoms with Gasteiger partial charge in [0, 0.05) is 17.4 Å². The van der Waals surface area contributed by atoms with Gasteiger partial charge in [0.05, 0.1) is 5.56 Å². The highest BCUT2D eigenvalue weighted by atomic mass is 79.9. The van der Waals surface area contributed by atoms with E-state index in [-0.39, 0.29) is 17.4 Å². The van der Waals surface area contributed by atoms with Crippen molar-refractivity contribution in [1.82, 2.24) is 5.32 Å². The van der Waals surface area contributed by atoms with E-state index in [0.29, 0.717) is 30.3 Å². The van der Waals surface area contributed by atoms with Gasteiger partial charge in [0.1, 0.15) is 5.82 Å². The second-order valence-corrected chi connectivity index (χ2v) is 4.66. The summed E-state index contributed by atoms with van der Waals surface area (Å²) in [5.41, 5.74) is 5.24. The molecule has 0 spiro atoms. The minimum atomic E-state index is -0.461. The lowest BCUT2D eigenvalue weighted by atomic mass is 10.2. The molecular formula is C12H14BrFN2O2. The van der Waals surface area contributed by atoms with Gasteiger partial charge >= 0.3 is 0 Å². The van der Waals surface area contributed by atoms with Crippen LogP contribution in [0.25, 0.3) is 0 Å². The Balaban J connectivity index is 2.41. The Kier molecular flexibility index (Phi) is 5.77. The molecule has 2 amide bonds. The Morgan fingerprint density at radius 2 is 2.06 bits per heavy atom. The van der Waals surface area contributed by atoms with Crippen LogP contribution in [0.1, 0.15) is 29.6 Å². The van der Waals surface area contributed by atoms with Crippen LogP contribution in [0.5, 0.6) is 0 Å². The highest BCUT2D eigenvalue weighted by Crippen LogP contribution is 2.17. The topological polar surface area (TPSA) is 72.2 Å². The van der Waals surface area contributed by atoms with Crippen molar-refractivity contribution >= 4 is 27.7 Å². The maximum absolute atomic E-state index is 13.0. The van der Waals surface area contributed by atoms with Crippen LogP contribution in [0.3, 0.4) is 0 Å². The summed E-state index contributed by atoms with van der Waals surface area (Å²) in [4.78, 5) is 22.2. The second kappa shape index (κ2) is 7.10. The van der Waals surface area contributed by atoms with Gasteiger partial charge in [-0.05, 0) is 47.0 Å². The van der Waals surface area contributed by atoms with Gasteiger partial charge in [0.15, 0.2) is 0 Å². The first-order valence-electron chi connectivity index (χ1n) is 5.52. The average Bonchev–Trinajstić information content (AvgIpc) is 2.31. The van der Waals surface area contributed by atoms with Gasteiger partial charge < -0.3 is 11.1 Å². The van der Waals surface area contributed by atoms with E-state index < -0.39 is 5.82 Å². The van der Waals surface area contributed by atoms with E-state index in [4.69, 9.17) is 5.73 Å². The number of carbonyl (C=O) groups is 2. The Bertz CT molecular complexity index is 452. The van der Waals surface area contributed by atoms with Crippen molar-refractivity contribution < 1.29 is 14.0 Å². The van der Waals surface area contributed by atoms with Gasteiger partial charge in [-0.1, -0.05) is 0 Å². The lowest BCUT2D eigenvalue weighted by molar-refractivity contribution is -0.118. The zero-order chi connectivity index (χ0) is 13.5. The van der Waals surface area contributed by atoms with Crippen LogP contribution in [0.15, 0.2) is 22.7 Å². The predicted octanol–water partition coefficient (Wildman–Crippen LogP) is 1.97. The molecule has 0 saturated heterocycles. The van der Waals surface area contributed by atoms with Gasteiger partial charge in [-0.25, -0.2) is 4.39 Å². The van der Waals surface area contributed by atoms with Gasteiger partial charge in [0.2, 0.25) is 5.91 Å². The fourth-order valence-electron chi connectivity index (χ4n) is 1.39. The summed E-state index contributed by atoms with van der Waals surface area (Å²) in [6.45, 7) is 0.426. The van der Waals surface area contributed by atoms with Crippen LogP contribution in [0, 0.1) is 5.82 Å². The van der Waals surface area contributed by atoms with Gasteiger partial charge in [0.25, 0.3) is 5.91 Å². The SMILES string of the molecule is NC(=O)CCCCNC(=O)c1cc(F)ccc1Br. The molecule has 4 nitrogen and oxygen atoms in total. The molecule has 0 radical (unpaired) electrons. The van der Waals surface area contributed by atoms with Gasteiger partial charge in [-0.15, -0.1) is 0 Å². The zero-order valence-electron chi connectivity index (χ0n) is 9.71. The number of carbonyl (C=O) groups excluding carboxylic acids is 2. The van der Waals surface area contributed by atoms with Crippen molar-refractivity contribution in [2.24, 2.45) is 5.73 Å². The van der Waals surface area contributed by atoms with Crippen molar-refractivity contribution in [3.05, 3.63) is 34.1 Å². The quantitative estimate of drug-likeness (QED) is 0.788. The first-order valence-corrected chi connectivity index (χ1v) is 6.31. The van der Waals surface area contributed by atoms with Crippen molar-refractivity contribution in [2.45, 2.75) is 19.3 Å². The number of hydrogen-bond acceptors (Lipinski definition) is 2. The summed E-state index contributed by atoms with van der Waals surface area (Å²) in [7, 11) is 0. The minimum absolute atomic E-state index is 0.255. The monoisotopic (exact) mass is 316 g/mol. The first kappa shape index (κ1) is 14.6. The van der Waals surface area contributed by atoms with Crippen LogP contribution < -0.4 is 11.1 Å². The summed E-state index contributed by atoms with van der Waals surface area (Å²) < 4.78 is 13.5. The summed E-state index contributed by atoms with van der Waals surface area (Å²) in [5, 5.41) is 2.65. The lowest BCUT2D eigenvalue weighted by Crippen LogP contribution is -2.25. The number of primary amides is 1. The fraction of sp³-hybridized carbons (Fsp3) is 0.333. The van der Waals surface area contributed by atoms with Crippen molar-refractivity contribution in [1.29, 1.82) is 0 Å². The first-order chi connectivity index (χ1) is 8.50. The minimum Gasteiger partial charge on any atom is -0.370 e. The summed E-state index contributed by atoms with van der Waals surface area (Å²) in [5.74, 6) is -1.16. The largest absolute Gasteiger partial charge is 0.370 e. The molecule has 98 valence electrons. The third kappa shape index (κ3) is 4.83. The molecule has 0 heterocycles. The maximum atomic E-state index is 13.0. The Morgan fingerprint density at radius 3 is 2.72 bits per heavy atom. The van der Waals surface area contributed by atoms with E-state index in [1.54, 1.807) is 0 Å². The maximum Gasteiger partial charge on any atom is 0.252 e. The third-order valence-corrected chi connectivity index (χ3v) is 3.00. The van der Waals surface area contributed by atoms with Crippen LogP contribution in [0.2, 0.25) is 0 Å². The predicted molar refractivity (Wildman–Crippen MR) is 69.5 cm³/mol. The molecule has 1 aromatic rings. The van der Waals surface area contributed by atoms with Crippen LogP contribution in [-0.2, 0) is 4.79 Å². The van der Waals surface area contributed by atoms with Crippen molar-refractivity contribution in [3.63, 3.8) is 0 Å². The number of nitrogens with two attached hydrogens (primary N) is 1. The number of amides is 2. The molecule has 18 heavy (non-hydrogen) atoms. The zero-order valence-corrected chi connectivity index (χ0v) is 11.3. The van der Waals surface area contributed by atoms with E-state index in [0.717, 1.165) is 0 Å². The van der Waals surface area contributed by atoms with Crippen molar-refractivity contribution in [3.8, 4) is 0 Å². The smallest absolute Gasteiger partial charge is 0.252 e. The van der Waals surface area contributed by atoms with E-state index in [9.17, 15) is 14.0 Å². The molecule has 0 aliphatic heterocycles. The molecule has 6 heteroatoms. The van der Waals surface area contributed by atoms with Gasteiger partial charge in [-0.2, -0.15) is 0 Å². The third-order valence-electron chi connectivity index (χ3n) is 2.31. The molecule has 0 atom stereocenters. The number of hydrogen-bond donors (Lipinski definition) is 2. The summed E-state index contributed by atoms with van der Waals surface area (Å²) >= 11 is 3.18. The Labute approximate surface area is 113 Å². The van der Waals surface area contributed by atoms with E-state index >= 15 is 0 Å². The van der Waals surface area contributed by atoms with Crippen LogP contribution >= 0.6 is 15.9 Å². The molecule has 0 saturated carbocycles. The molecule has 0 aliphatic rings. The molecule has 0 unspecified atom stereocenters. The highest BCUT2D eigenvalue weighted by molar-refractivity contribution is 9.10. The summed E-state index contributed by atoms with van der Waals surface area (Å²) in [6, 6.07) is 3.92. The molecule has 1 rings (SSSR count). The average molecular weight is 317 g/mol.